The SMILES string of the molecule is CCc1ccc(OCc2c(C(=O)O)nnn2CCC(=O)O)cc1. The van der Waals surface area contributed by atoms with Crippen molar-refractivity contribution in [1.29, 1.82) is 0 Å². The quantitative estimate of drug-likeness (QED) is 0.759. The lowest BCUT2D eigenvalue weighted by Gasteiger charge is -2.09. The third-order valence-electron chi connectivity index (χ3n) is 3.28. The summed E-state index contributed by atoms with van der Waals surface area (Å²) in [6.07, 6.45) is 0.732. The van der Waals surface area contributed by atoms with Crippen LogP contribution >= 0.6 is 0 Å². The number of hydrogen-bond acceptors (Lipinski definition) is 5. The van der Waals surface area contributed by atoms with E-state index >= 15 is 0 Å². The molecule has 0 saturated carbocycles. The Morgan fingerprint density at radius 1 is 1.22 bits per heavy atom. The van der Waals surface area contributed by atoms with Gasteiger partial charge in [-0.05, 0) is 24.1 Å². The van der Waals surface area contributed by atoms with Crippen molar-refractivity contribution in [2.24, 2.45) is 0 Å². The number of carboxylic acids is 2. The van der Waals surface area contributed by atoms with Crippen LogP contribution in [0.3, 0.4) is 0 Å². The highest BCUT2D eigenvalue weighted by Gasteiger charge is 2.20. The van der Waals surface area contributed by atoms with Crippen LogP contribution in [-0.4, -0.2) is 37.1 Å². The Labute approximate surface area is 132 Å². The van der Waals surface area contributed by atoms with E-state index in [1.807, 2.05) is 19.1 Å². The molecule has 8 heteroatoms. The van der Waals surface area contributed by atoms with Crippen LogP contribution in [0, 0.1) is 0 Å². The monoisotopic (exact) mass is 319 g/mol. The Kier molecular flexibility index (Phi) is 5.29. The topological polar surface area (TPSA) is 115 Å². The van der Waals surface area contributed by atoms with E-state index in [9.17, 15) is 9.59 Å². The number of aromatic nitrogens is 3. The molecule has 0 bridgehead atoms. The highest BCUT2D eigenvalue weighted by atomic mass is 16.5. The molecule has 122 valence electrons. The number of aryl methyl sites for hydroxylation is 2. The molecule has 0 spiro atoms. The predicted octanol–water partition coefficient (Wildman–Crippen LogP) is 1.59. The van der Waals surface area contributed by atoms with E-state index in [1.54, 1.807) is 12.1 Å². The largest absolute Gasteiger partial charge is 0.487 e. The number of carbonyl (C=O) groups is 2. The highest BCUT2D eigenvalue weighted by molar-refractivity contribution is 5.86. The second kappa shape index (κ2) is 7.39. The molecule has 0 atom stereocenters. The van der Waals surface area contributed by atoms with Gasteiger partial charge in [0.05, 0.1) is 13.0 Å². The highest BCUT2D eigenvalue weighted by Crippen LogP contribution is 2.16. The van der Waals surface area contributed by atoms with Crippen molar-refractivity contribution < 1.29 is 24.5 Å². The molecule has 0 aliphatic rings. The predicted molar refractivity (Wildman–Crippen MR) is 79.4 cm³/mol. The Morgan fingerprint density at radius 2 is 1.91 bits per heavy atom. The first kappa shape index (κ1) is 16.5. The summed E-state index contributed by atoms with van der Waals surface area (Å²) in [5.74, 6) is -1.64. The fraction of sp³-hybridized carbons (Fsp3) is 0.333. The van der Waals surface area contributed by atoms with Gasteiger partial charge in [0, 0.05) is 0 Å². The molecular formula is C15H17N3O5. The zero-order valence-corrected chi connectivity index (χ0v) is 12.6. The molecule has 1 heterocycles. The molecule has 0 radical (unpaired) electrons. The van der Waals surface area contributed by atoms with Gasteiger partial charge in [0.25, 0.3) is 0 Å². The minimum absolute atomic E-state index is 0.0308. The summed E-state index contributed by atoms with van der Waals surface area (Å²) in [7, 11) is 0. The third-order valence-corrected chi connectivity index (χ3v) is 3.28. The maximum Gasteiger partial charge on any atom is 0.358 e. The third kappa shape index (κ3) is 4.29. The first-order valence-corrected chi connectivity index (χ1v) is 7.10. The summed E-state index contributed by atoms with van der Waals surface area (Å²) in [5.41, 5.74) is 1.16. The van der Waals surface area contributed by atoms with Crippen LogP contribution in [0.15, 0.2) is 24.3 Å². The van der Waals surface area contributed by atoms with Crippen molar-refractivity contribution in [3.8, 4) is 5.75 Å². The Balaban J connectivity index is 2.13. The van der Waals surface area contributed by atoms with Gasteiger partial charge < -0.3 is 14.9 Å². The molecule has 2 N–H and O–H groups in total. The molecule has 0 aliphatic carbocycles. The number of carboxylic acid groups (broad SMARTS) is 2. The molecule has 2 rings (SSSR count). The molecule has 8 nitrogen and oxygen atoms in total. The van der Waals surface area contributed by atoms with Crippen molar-refractivity contribution >= 4 is 11.9 Å². The lowest BCUT2D eigenvalue weighted by Crippen LogP contribution is -2.13. The molecule has 2 aromatic rings. The van der Waals surface area contributed by atoms with Crippen molar-refractivity contribution in [3.63, 3.8) is 0 Å². The van der Waals surface area contributed by atoms with E-state index < -0.39 is 11.9 Å². The minimum Gasteiger partial charge on any atom is -0.487 e. The van der Waals surface area contributed by atoms with Gasteiger partial charge in [-0.25, -0.2) is 9.48 Å². The summed E-state index contributed by atoms with van der Waals surface area (Å²) >= 11 is 0. The Bertz CT molecular complexity index is 694. The van der Waals surface area contributed by atoms with Gasteiger partial charge in [-0.2, -0.15) is 0 Å². The number of nitrogens with zero attached hydrogens (tertiary/aromatic N) is 3. The minimum atomic E-state index is -1.23. The van der Waals surface area contributed by atoms with Gasteiger partial charge in [0.1, 0.15) is 18.1 Å². The van der Waals surface area contributed by atoms with Gasteiger partial charge in [0.2, 0.25) is 0 Å². The van der Waals surface area contributed by atoms with Gasteiger partial charge in [0.15, 0.2) is 5.69 Å². The zero-order valence-electron chi connectivity index (χ0n) is 12.6. The second-order valence-electron chi connectivity index (χ2n) is 4.84. The van der Waals surface area contributed by atoms with Crippen LogP contribution in [0.25, 0.3) is 0 Å². The van der Waals surface area contributed by atoms with Crippen LogP contribution in [-0.2, 0) is 24.4 Å². The van der Waals surface area contributed by atoms with Crippen molar-refractivity contribution in [1.82, 2.24) is 15.0 Å². The molecule has 0 fully saturated rings. The van der Waals surface area contributed by atoms with Crippen LogP contribution in [0.5, 0.6) is 5.75 Å². The first-order valence-electron chi connectivity index (χ1n) is 7.10. The first-order chi connectivity index (χ1) is 11.0. The second-order valence-corrected chi connectivity index (χ2v) is 4.84. The number of aliphatic carboxylic acids is 1. The molecule has 0 unspecified atom stereocenters. The Morgan fingerprint density at radius 3 is 2.48 bits per heavy atom. The Hall–Kier alpha value is -2.90. The maximum atomic E-state index is 11.2. The lowest BCUT2D eigenvalue weighted by atomic mass is 10.2. The van der Waals surface area contributed by atoms with E-state index in [0.717, 1.165) is 12.0 Å². The van der Waals surface area contributed by atoms with Gasteiger partial charge in [-0.15, -0.1) is 5.10 Å². The van der Waals surface area contributed by atoms with Crippen molar-refractivity contribution in [2.45, 2.75) is 32.9 Å². The fourth-order valence-electron chi connectivity index (χ4n) is 2.00. The average Bonchev–Trinajstić information content (AvgIpc) is 2.94. The summed E-state index contributed by atoms with van der Waals surface area (Å²) < 4.78 is 6.82. The normalized spacial score (nSPS) is 10.5. The zero-order chi connectivity index (χ0) is 16.8. The van der Waals surface area contributed by atoms with Crippen LogP contribution in [0.2, 0.25) is 0 Å². The summed E-state index contributed by atoms with van der Waals surface area (Å²) in [6.45, 7) is 2.02. The standard InChI is InChI=1S/C15H17N3O5/c1-2-10-3-5-11(6-4-10)23-9-12-14(15(21)22)16-17-18(12)8-7-13(19)20/h3-6H,2,7-9H2,1H3,(H,19,20)(H,21,22). The van der Waals surface area contributed by atoms with Gasteiger partial charge >= 0.3 is 11.9 Å². The van der Waals surface area contributed by atoms with Crippen molar-refractivity contribution in [3.05, 3.63) is 41.2 Å². The molecular weight excluding hydrogens is 302 g/mol. The maximum absolute atomic E-state index is 11.2. The number of hydrogen-bond donors (Lipinski definition) is 2. The van der Waals surface area contributed by atoms with Crippen molar-refractivity contribution in [2.75, 3.05) is 0 Å². The number of benzene rings is 1. The summed E-state index contributed by atoms with van der Waals surface area (Å²) in [5, 5.41) is 25.1. The average molecular weight is 319 g/mol. The van der Waals surface area contributed by atoms with E-state index in [2.05, 4.69) is 10.3 Å². The number of rotatable bonds is 8. The molecule has 23 heavy (non-hydrogen) atoms. The van der Waals surface area contributed by atoms with E-state index in [4.69, 9.17) is 14.9 Å². The molecule has 1 aromatic heterocycles. The summed E-state index contributed by atoms with van der Waals surface area (Å²) in [6, 6.07) is 7.44. The smallest absolute Gasteiger partial charge is 0.358 e. The molecule has 0 amide bonds. The van der Waals surface area contributed by atoms with E-state index in [1.165, 1.54) is 4.68 Å². The van der Waals surface area contributed by atoms with Crippen LogP contribution in [0.4, 0.5) is 0 Å². The lowest BCUT2D eigenvalue weighted by molar-refractivity contribution is -0.137. The summed E-state index contributed by atoms with van der Waals surface area (Å²) in [4.78, 5) is 21.8. The molecule has 0 aliphatic heterocycles. The van der Waals surface area contributed by atoms with Crippen LogP contribution in [0.1, 0.15) is 35.1 Å². The van der Waals surface area contributed by atoms with E-state index in [-0.39, 0.29) is 31.0 Å². The molecule has 0 saturated heterocycles. The molecule has 1 aromatic carbocycles. The fourth-order valence-corrected chi connectivity index (χ4v) is 2.00. The van der Waals surface area contributed by atoms with Gasteiger partial charge in [-0.3, -0.25) is 4.79 Å². The van der Waals surface area contributed by atoms with E-state index in [0.29, 0.717) is 5.75 Å². The van der Waals surface area contributed by atoms with Gasteiger partial charge in [-0.1, -0.05) is 24.3 Å². The number of ether oxygens (including phenoxy) is 1. The van der Waals surface area contributed by atoms with Crippen LogP contribution < -0.4 is 4.74 Å². The number of aromatic carboxylic acids is 1.